The molecule has 20 heavy (non-hydrogen) atoms. The molecule has 2 aromatic rings. The van der Waals surface area contributed by atoms with E-state index in [0.29, 0.717) is 18.8 Å². The summed E-state index contributed by atoms with van der Waals surface area (Å²) in [6, 6.07) is 13.4. The van der Waals surface area contributed by atoms with Crippen LogP contribution >= 0.6 is 0 Å². The Morgan fingerprint density at radius 2 is 1.80 bits per heavy atom. The summed E-state index contributed by atoms with van der Waals surface area (Å²) in [5.74, 6) is 0.836. The maximum atomic E-state index is 10.8. The lowest BCUT2D eigenvalue weighted by atomic mass is 10.1. The molecule has 0 spiro atoms. The van der Waals surface area contributed by atoms with Crippen molar-refractivity contribution >= 4 is 6.29 Å². The molecule has 0 heterocycles. The third-order valence-electron chi connectivity index (χ3n) is 3.19. The van der Waals surface area contributed by atoms with Gasteiger partial charge in [-0.25, -0.2) is 0 Å². The Kier molecular flexibility index (Phi) is 4.91. The second-order valence-corrected chi connectivity index (χ2v) is 4.64. The van der Waals surface area contributed by atoms with Gasteiger partial charge in [-0.15, -0.1) is 0 Å². The van der Waals surface area contributed by atoms with E-state index in [-0.39, 0.29) is 0 Å². The molecule has 2 rings (SSSR count). The number of benzene rings is 2. The molecule has 2 aromatic carbocycles. The molecule has 0 bridgehead atoms. The van der Waals surface area contributed by atoms with Gasteiger partial charge in [0.05, 0.1) is 20.3 Å². The average molecular weight is 270 g/mol. The van der Waals surface area contributed by atoms with E-state index < -0.39 is 0 Å². The quantitative estimate of drug-likeness (QED) is 0.753. The number of methoxy groups -OCH3 is 1. The summed E-state index contributed by atoms with van der Waals surface area (Å²) in [4.78, 5) is 10.8. The lowest BCUT2D eigenvalue weighted by Gasteiger charge is -2.08. The van der Waals surface area contributed by atoms with E-state index in [1.807, 2.05) is 49.4 Å². The van der Waals surface area contributed by atoms with Crippen LogP contribution in [0.15, 0.2) is 42.5 Å². The van der Waals surface area contributed by atoms with Gasteiger partial charge in [0, 0.05) is 5.56 Å². The Hall–Kier alpha value is -2.13. The van der Waals surface area contributed by atoms with E-state index in [2.05, 4.69) is 0 Å². The molecule has 3 nitrogen and oxygen atoms in total. The van der Waals surface area contributed by atoms with Crippen molar-refractivity contribution in [1.82, 2.24) is 0 Å². The molecule has 104 valence electrons. The van der Waals surface area contributed by atoms with E-state index in [0.717, 1.165) is 28.7 Å². The van der Waals surface area contributed by atoms with Crippen LogP contribution in [0.5, 0.6) is 5.75 Å². The topological polar surface area (TPSA) is 35.5 Å². The number of aldehydes is 1. The number of hydrogen-bond acceptors (Lipinski definition) is 3. The van der Waals surface area contributed by atoms with E-state index in [1.54, 1.807) is 7.11 Å². The first-order valence-corrected chi connectivity index (χ1v) is 6.48. The lowest BCUT2D eigenvalue weighted by molar-refractivity contribution is 0.106. The molecule has 0 aliphatic carbocycles. The van der Waals surface area contributed by atoms with Crippen molar-refractivity contribution < 1.29 is 14.3 Å². The van der Waals surface area contributed by atoms with Crippen molar-refractivity contribution in [2.24, 2.45) is 0 Å². The molecule has 0 radical (unpaired) electrons. The summed E-state index contributed by atoms with van der Waals surface area (Å²) in [6.07, 6.45) is 0.854. The number of rotatable bonds is 6. The minimum absolute atomic E-state index is 0.500. The maximum Gasteiger partial charge on any atom is 0.150 e. The van der Waals surface area contributed by atoms with E-state index in [9.17, 15) is 4.79 Å². The van der Waals surface area contributed by atoms with Gasteiger partial charge in [-0.2, -0.15) is 0 Å². The van der Waals surface area contributed by atoms with Crippen LogP contribution in [0.4, 0.5) is 0 Å². The SMILES string of the molecule is COc1ccc(COCc2cc(C=O)ccc2C)cc1. The number of aryl methyl sites for hydroxylation is 1. The molecular weight excluding hydrogens is 252 g/mol. The van der Waals surface area contributed by atoms with Gasteiger partial charge in [-0.1, -0.05) is 24.3 Å². The average Bonchev–Trinajstić information content (AvgIpc) is 2.50. The van der Waals surface area contributed by atoms with Gasteiger partial charge < -0.3 is 9.47 Å². The van der Waals surface area contributed by atoms with Crippen LogP contribution in [-0.2, 0) is 18.0 Å². The van der Waals surface area contributed by atoms with Gasteiger partial charge in [0.1, 0.15) is 12.0 Å². The zero-order valence-corrected chi connectivity index (χ0v) is 11.8. The summed E-state index contributed by atoms with van der Waals surface area (Å²) >= 11 is 0. The summed E-state index contributed by atoms with van der Waals surface area (Å²) in [7, 11) is 1.65. The van der Waals surface area contributed by atoms with Crippen molar-refractivity contribution in [1.29, 1.82) is 0 Å². The normalized spacial score (nSPS) is 10.3. The standard InChI is InChI=1S/C17H18O3/c1-13-3-4-15(10-18)9-16(13)12-20-11-14-5-7-17(19-2)8-6-14/h3-10H,11-12H2,1-2H3. The third kappa shape index (κ3) is 3.68. The van der Waals surface area contributed by atoms with Gasteiger partial charge >= 0.3 is 0 Å². The number of carbonyl (C=O) groups is 1. The van der Waals surface area contributed by atoms with Crippen molar-refractivity contribution in [2.45, 2.75) is 20.1 Å². The third-order valence-corrected chi connectivity index (χ3v) is 3.19. The summed E-state index contributed by atoms with van der Waals surface area (Å²) < 4.78 is 10.8. The van der Waals surface area contributed by atoms with E-state index in [1.165, 1.54) is 0 Å². The molecule has 0 aliphatic rings. The Labute approximate surface area is 119 Å². The fourth-order valence-corrected chi connectivity index (χ4v) is 1.92. The maximum absolute atomic E-state index is 10.8. The first-order valence-electron chi connectivity index (χ1n) is 6.48. The van der Waals surface area contributed by atoms with Crippen molar-refractivity contribution in [2.75, 3.05) is 7.11 Å². The highest BCUT2D eigenvalue weighted by atomic mass is 16.5. The predicted molar refractivity (Wildman–Crippen MR) is 78.1 cm³/mol. The molecule has 0 fully saturated rings. The molecule has 0 saturated carbocycles. The van der Waals surface area contributed by atoms with Gasteiger partial charge in [0.25, 0.3) is 0 Å². The molecule has 3 heteroatoms. The van der Waals surface area contributed by atoms with Crippen molar-refractivity contribution in [3.63, 3.8) is 0 Å². The van der Waals surface area contributed by atoms with Crippen molar-refractivity contribution in [3.8, 4) is 5.75 Å². The second kappa shape index (κ2) is 6.87. The van der Waals surface area contributed by atoms with Crippen LogP contribution in [-0.4, -0.2) is 13.4 Å². The highest BCUT2D eigenvalue weighted by molar-refractivity contribution is 5.75. The molecule has 0 N–H and O–H groups in total. The Balaban J connectivity index is 1.93. The predicted octanol–water partition coefficient (Wildman–Crippen LogP) is 3.53. The molecule has 0 aromatic heterocycles. The zero-order chi connectivity index (χ0) is 14.4. The van der Waals surface area contributed by atoms with Gasteiger partial charge in [-0.3, -0.25) is 4.79 Å². The first-order chi connectivity index (χ1) is 9.72. The molecular formula is C17H18O3. The van der Waals surface area contributed by atoms with Gasteiger partial charge in [-0.05, 0) is 41.8 Å². The van der Waals surface area contributed by atoms with Crippen LogP contribution in [0.1, 0.15) is 27.0 Å². The highest BCUT2D eigenvalue weighted by Gasteiger charge is 2.01. The molecule has 0 atom stereocenters. The fourth-order valence-electron chi connectivity index (χ4n) is 1.92. The largest absolute Gasteiger partial charge is 0.497 e. The van der Waals surface area contributed by atoms with Crippen LogP contribution in [0, 0.1) is 6.92 Å². The van der Waals surface area contributed by atoms with Crippen LogP contribution in [0.3, 0.4) is 0 Å². The van der Waals surface area contributed by atoms with Gasteiger partial charge in [0.2, 0.25) is 0 Å². The molecule has 0 aliphatic heterocycles. The van der Waals surface area contributed by atoms with Crippen LogP contribution in [0.2, 0.25) is 0 Å². The summed E-state index contributed by atoms with van der Waals surface area (Å²) in [6.45, 7) is 3.05. The Bertz CT molecular complexity index is 573. The van der Waals surface area contributed by atoms with E-state index >= 15 is 0 Å². The Morgan fingerprint density at radius 3 is 2.45 bits per heavy atom. The van der Waals surface area contributed by atoms with Crippen LogP contribution in [0.25, 0.3) is 0 Å². The number of ether oxygens (including phenoxy) is 2. The zero-order valence-electron chi connectivity index (χ0n) is 11.8. The lowest BCUT2D eigenvalue weighted by Crippen LogP contribution is -1.97. The first kappa shape index (κ1) is 14.3. The monoisotopic (exact) mass is 270 g/mol. The molecule has 0 saturated heterocycles. The Morgan fingerprint density at radius 1 is 1.05 bits per heavy atom. The number of carbonyl (C=O) groups excluding carboxylic acids is 1. The summed E-state index contributed by atoms with van der Waals surface area (Å²) in [5.41, 5.74) is 3.95. The van der Waals surface area contributed by atoms with E-state index in [4.69, 9.17) is 9.47 Å². The smallest absolute Gasteiger partial charge is 0.150 e. The summed E-state index contributed by atoms with van der Waals surface area (Å²) in [5, 5.41) is 0. The molecule has 0 amide bonds. The minimum atomic E-state index is 0.500. The fraction of sp³-hybridized carbons (Fsp3) is 0.235. The van der Waals surface area contributed by atoms with Gasteiger partial charge in [0.15, 0.2) is 0 Å². The van der Waals surface area contributed by atoms with Crippen LogP contribution < -0.4 is 4.74 Å². The number of hydrogen-bond donors (Lipinski definition) is 0. The molecule has 0 unspecified atom stereocenters. The second-order valence-electron chi connectivity index (χ2n) is 4.64. The van der Waals surface area contributed by atoms with Crippen molar-refractivity contribution in [3.05, 3.63) is 64.7 Å². The minimum Gasteiger partial charge on any atom is -0.497 e. The highest BCUT2D eigenvalue weighted by Crippen LogP contribution is 2.15.